The standard InChI is InChI=1S/C23H27N3O5/c1-29-19-4-2-3-18(14-19)23(28)24-8-7-22(27)26-11-9-25(10-12-26)15-17-5-6-20-21(13-17)31-16-30-20/h2-6,13-14H,7-12,15-16H2,1H3,(H,24,28). The second kappa shape index (κ2) is 9.70. The molecule has 0 bridgehead atoms. The van der Waals surface area contributed by atoms with E-state index in [1.165, 1.54) is 5.56 Å². The fraction of sp³-hybridized carbons (Fsp3) is 0.391. The first-order valence-corrected chi connectivity index (χ1v) is 10.4. The maximum absolute atomic E-state index is 12.5. The number of carbonyl (C=O) groups is 2. The molecule has 1 fully saturated rings. The van der Waals surface area contributed by atoms with Crippen LogP contribution in [0.25, 0.3) is 0 Å². The van der Waals surface area contributed by atoms with Gasteiger partial charge in [-0.1, -0.05) is 12.1 Å². The highest BCUT2D eigenvalue weighted by Gasteiger charge is 2.22. The molecule has 2 aliphatic heterocycles. The minimum absolute atomic E-state index is 0.0636. The lowest BCUT2D eigenvalue weighted by atomic mass is 10.1. The van der Waals surface area contributed by atoms with E-state index in [1.54, 1.807) is 31.4 Å². The monoisotopic (exact) mass is 425 g/mol. The minimum Gasteiger partial charge on any atom is -0.497 e. The van der Waals surface area contributed by atoms with Crippen molar-refractivity contribution in [3.05, 3.63) is 53.6 Å². The lowest BCUT2D eigenvalue weighted by Crippen LogP contribution is -2.48. The highest BCUT2D eigenvalue weighted by molar-refractivity contribution is 5.94. The zero-order chi connectivity index (χ0) is 21.6. The zero-order valence-electron chi connectivity index (χ0n) is 17.6. The van der Waals surface area contributed by atoms with Gasteiger partial charge in [0.15, 0.2) is 11.5 Å². The number of piperazine rings is 1. The molecule has 2 heterocycles. The summed E-state index contributed by atoms with van der Waals surface area (Å²) in [4.78, 5) is 29.0. The molecular weight excluding hydrogens is 398 g/mol. The Labute approximate surface area is 181 Å². The van der Waals surface area contributed by atoms with Gasteiger partial charge in [-0.25, -0.2) is 0 Å². The summed E-state index contributed by atoms with van der Waals surface area (Å²) >= 11 is 0. The van der Waals surface area contributed by atoms with E-state index in [0.29, 0.717) is 30.9 Å². The van der Waals surface area contributed by atoms with Crippen LogP contribution in [0.1, 0.15) is 22.3 Å². The first-order valence-electron chi connectivity index (χ1n) is 10.4. The summed E-state index contributed by atoms with van der Waals surface area (Å²) < 4.78 is 15.9. The number of hydrogen-bond acceptors (Lipinski definition) is 6. The Morgan fingerprint density at radius 3 is 2.65 bits per heavy atom. The quantitative estimate of drug-likeness (QED) is 0.730. The summed E-state index contributed by atoms with van der Waals surface area (Å²) in [5.41, 5.74) is 1.69. The molecule has 8 heteroatoms. The molecule has 0 atom stereocenters. The van der Waals surface area contributed by atoms with E-state index < -0.39 is 0 Å². The van der Waals surface area contributed by atoms with Gasteiger partial charge in [-0.3, -0.25) is 14.5 Å². The average molecular weight is 425 g/mol. The molecule has 2 amide bonds. The molecular formula is C23H27N3O5. The number of nitrogens with zero attached hydrogens (tertiary/aromatic N) is 2. The zero-order valence-corrected chi connectivity index (χ0v) is 17.6. The van der Waals surface area contributed by atoms with Crippen LogP contribution in [0.4, 0.5) is 0 Å². The maximum atomic E-state index is 12.5. The third kappa shape index (κ3) is 5.27. The van der Waals surface area contributed by atoms with E-state index in [9.17, 15) is 9.59 Å². The average Bonchev–Trinajstić information content (AvgIpc) is 3.27. The Morgan fingerprint density at radius 2 is 1.84 bits per heavy atom. The Bertz CT molecular complexity index is 941. The molecule has 1 saturated heterocycles. The molecule has 164 valence electrons. The van der Waals surface area contributed by atoms with Crippen LogP contribution in [0.5, 0.6) is 17.2 Å². The van der Waals surface area contributed by atoms with Crippen LogP contribution >= 0.6 is 0 Å². The molecule has 0 aliphatic carbocycles. The third-order valence-electron chi connectivity index (χ3n) is 5.52. The Kier molecular flexibility index (Phi) is 6.57. The maximum Gasteiger partial charge on any atom is 0.251 e. The van der Waals surface area contributed by atoms with E-state index in [2.05, 4.69) is 16.3 Å². The van der Waals surface area contributed by atoms with Crippen LogP contribution in [0.3, 0.4) is 0 Å². The number of amides is 2. The van der Waals surface area contributed by atoms with E-state index in [0.717, 1.165) is 31.1 Å². The van der Waals surface area contributed by atoms with Crippen LogP contribution < -0.4 is 19.5 Å². The molecule has 31 heavy (non-hydrogen) atoms. The van der Waals surface area contributed by atoms with Gasteiger partial charge in [0.2, 0.25) is 12.7 Å². The van der Waals surface area contributed by atoms with Crippen LogP contribution in [0.2, 0.25) is 0 Å². The third-order valence-corrected chi connectivity index (χ3v) is 5.52. The summed E-state index contributed by atoms with van der Waals surface area (Å²) in [7, 11) is 1.56. The van der Waals surface area contributed by atoms with Gasteiger partial charge < -0.3 is 24.4 Å². The fourth-order valence-electron chi connectivity index (χ4n) is 3.76. The largest absolute Gasteiger partial charge is 0.497 e. The van der Waals surface area contributed by atoms with Crippen molar-refractivity contribution < 1.29 is 23.8 Å². The van der Waals surface area contributed by atoms with Gasteiger partial charge in [0, 0.05) is 51.3 Å². The number of rotatable bonds is 7. The first-order chi connectivity index (χ1) is 15.1. The van der Waals surface area contributed by atoms with Crippen LogP contribution in [0, 0.1) is 0 Å². The van der Waals surface area contributed by atoms with Crippen molar-refractivity contribution in [1.29, 1.82) is 0 Å². The van der Waals surface area contributed by atoms with E-state index in [-0.39, 0.29) is 25.0 Å². The van der Waals surface area contributed by atoms with Crippen molar-refractivity contribution in [2.24, 2.45) is 0 Å². The first kappa shape index (κ1) is 21.0. The summed E-state index contributed by atoms with van der Waals surface area (Å²) in [5.74, 6) is 2.07. The lowest BCUT2D eigenvalue weighted by molar-refractivity contribution is -0.132. The van der Waals surface area contributed by atoms with Crippen LogP contribution in [-0.2, 0) is 11.3 Å². The highest BCUT2D eigenvalue weighted by Crippen LogP contribution is 2.32. The summed E-state index contributed by atoms with van der Waals surface area (Å²) in [6, 6.07) is 13.0. The number of hydrogen-bond donors (Lipinski definition) is 1. The Hall–Kier alpha value is -3.26. The van der Waals surface area contributed by atoms with E-state index in [1.807, 2.05) is 17.0 Å². The molecule has 2 aliphatic rings. The van der Waals surface area contributed by atoms with Crippen LogP contribution in [0.15, 0.2) is 42.5 Å². The van der Waals surface area contributed by atoms with Gasteiger partial charge >= 0.3 is 0 Å². The van der Waals surface area contributed by atoms with Gasteiger partial charge in [-0.15, -0.1) is 0 Å². The normalized spacial score (nSPS) is 15.6. The van der Waals surface area contributed by atoms with Gasteiger partial charge in [0.25, 0.3) is 5.91 Å². The lowest BCUT2D eigenvalue weighted by Gasteiger charge is -2.34. The number of carbonyl (C=O) groups excluding carboxylic acids is 2. The van der Waals surface area contributed by atoms with E-state index >= 15 is 0 Å². The number of nitrogens with one attached hydrogen (secondary N) is 1. The van der Waals surface area contributed by atoms with Crippen molar-refractivity contribution in [1.82, 2.24) is 15.1 Å². The fourth-order valence-corrected chi connectivity index (χ4v) is 3.76. The summed E-state index contributed by atoms with van der Waals surface area (Å²) in [6.07, 6.45) is 0.290. The highest BCUT2D eigenvalue weighted by atomic mass is 16.7. The number of ether oxygens (including phenoxy) is 3. The second-order valence-electron chi connectivity index (χ2n) is 7.58. The minimum atomic E-state index is -0.208. The molecule has 8 nitrogen and oxygen atoms in total. The molecule has 0 saturated carbocycles. The second-order valence-corrected chi connectivity index (χ2v) is 7.58. The summed E-state index contributed by atoms with van der Waals surface area (Å²) in [5, 5.41) is 2.81. The van der Waals surface area contributed by atoms with Gasteiger partial charge in [0.05, 0.1) is 7.11 Å². The molecule has 2 aromatic carbocycles. The molecule has 0 radical (unpaired) electrons. The van der Waals surface area contributed by atoms with Crippen molar-refractivity contribution in [2.75, 3.05) is 46.6 Å². The predicted molar refractivity (Wildman–Crippen MR) is 114 cm³/mol. The number of fused-ring (bicyclic) bond motifs is 1. The van der Waals surface area contributed by atoms with Crippen molar-refractivity contribution in [3.8, 4) is 17.2 Å². The summed E-state index contributed by atoms with van der Waals surface area (Å²) in [6.45, 7) is 4.41. The van der Waals surface area contributed by atoms with Gasteiger partial charge in [-0.05, 0) is 35.9 Å². The molecule has 0 aromatic heterocycles. The van der Waals surface area contributed by atoms with Crippen molar-refractivity contribution in [3.63, 3.8) is 0 Å². The Morgan fingerprint density at radius 1 is 1.03 bits per heavy atom. The van der Waals surface area contributed by atoms with Crippen LogP contribution in [-0.4, -0.2) is 68.2 Å². The topological polar surface area (TPSA) is 80.3 Å². The predicted octanol–water partition coefficient (Wildman–Crippen LogP) is 1.89. The number of methoxy groups -OCH3 is 1. The van der Waals surface area contributed by atoms with Crippen molar-refractivity contribution >= 4 is 11.8 Å². The van der Waals surface area contributed by atoms with Gasteiger partial charge in [-0.2, -0.15) is 0 Å². The number of benzene rings is 2. The van der Waals surface area contributed by atoms with Gasteiger partial charge in [0.1, 0.15) is 5.75 Å². The SMILES string of the molecule is COc1cccc(C(=O)NCCC(=O)N2CCN(Cc3ccc4c(c3)OCO4)CC2)c1. The molecule has 4 rings (SSSR count). The molecule has 0 spiro atoms. The molecule has 1 N–H and O–H groups in total. The van der Waals surface area contributed by atoms with Crippen molar-refractivity contribution in [2.45, 2.75) is 13.0 Å². The molecule has 2 aromatic rings. The smallest absolute Gasteiger partial charge is 0.251 e. The Balaban J connectivity index is 1.18. The van der Waals surface area contributed by atoms with E-state index in [4.69, 9.17) is 14.2 Å². The molecule has 0 unspecified atom stereocenters.